The zero-order valence-corrected chi connectivity index (χ0v) is 9.62. The van der Waals surface area contributed by atoms with Gasteiger partial charge in [-0.05, 0) is 16.5 Å². The second-order valence-corrected chi connectivity index (χ2v) is 3.60. The molecular formula is C2H5N4O4S4-. The van der Waals surface area contributed by atoms with Crippen LogP contribution >= 0.6 is 37.1 Å². The first-order chi connectivity index (χ1) is 6.54. The van der Waals surface area contributed by atoms with Gasteiger partial charge in [0.05, 0.1) is 0 Å². The van der Waals surface area contributed by atoms with Crippen LogP contribution in [0.3, 0.4) is 0 Å². The second kappa shape index (κ2) is 7.41. The van der Waals surface area contributed by atoms with E-state index in [9.17, 15) is 0 Å². The number of nitrogens with one attached hydrogen (secondary N) is 2. The molecule has 0 bridgehead atoms. The lowest BCUT2D eigenvalue weighted by Gasteiger charge is -2.32. The van der Waals surface area contributed by atoms with Gasteiger partial charge in [0, 0.05) is 0 Å². The predicted molar refractivity (Wildman–Crippen MR) is 57.2 cm³/mol. The molecule has 0 fully saturated rings. The summed E-state index contributed by atoms with van der Waals surface area (Å²) in [6.45, 7) is 0. The van der Waals surface area contributed by atoms with Crippen molar-refractivity contribution in [2.75, 3.05) is 0 Å². The molecule has 0 saturated carbocycles. The minimum absolute atomic E-state index is 0.200. The van der Waals surface area contributed by atoms with E-state index in [0.717, 1.165) is 0 Å². The Morgan fingerprint density at radius 1 is 1.21 bits per heavy atom. The largest absolute Gasteiger partial charge is 0.407 e. The third-order valence-corrected chi connectivity index (χ3v) is 1.38. The average molecular weight is 277 g/mol. The zero-order chi connectivity index (χ0) is 11.1. The van der Waals surface area contributed by atoms with E-state index in [2.05, 4.69) is 59.6 Å². The van der Waals surface area contributed by atoms with E-state index >= 15 is 0 Å². The minimum atomic E-state index is -0.293. The molecule has 0 heterocycles. The van der Waals surface area contributed by atoms with Crippen LogP contribution in [0.15, 0.2) is 0 Å². The molecule has 0 amide bonds. The fourth-order valence-electron chi connectivity index (χ4n) is 0.380. The summed E-state index contributed by atoms with van der Waals surface area (Å²) in [5.74, 6) is 0. The van der Waals surface area contributed by atoms with Crippen molar-refractivity contribution < 1.29 is 20.3 Å². The topological polar surface area (TPSA) is 89.5 Å². The molecule has 0 aromatic heterocycles. The van der Waals surface area contributed by atoms with Crippen molar-refractivity contribution in [2.45, 2.75) is 0 Å². The first-order valence-electron chi connectivity index (χ1n) is 2.70. The second-order valence-electron chi connectivity index (χ2n) is 1.46. The molecule has 0 radical (unpaired) electrons. The third-order valence-electron chi connectivity index (χ3n) is 0.739. The highest BCUT2D eigenvalue weighted by molar-refractivity contribution is 8.10. The molecule has 14 heavy (non-hydrogen) atoms. The van der Waals surface area contributed by atoms with E-state index < -0.39 is 0 Å². The van der Waals surface area contributed by atoms with Gasteiger partial charge in [0.1, 0.15) is 0 Å². The molecule has 0 aromatic carbocycles. The Hall–Kier alpha value is 0.110. The van der Waals surface area contributed by atoms with Crippen molar-refractivity contribution in [3.05, 3.63) is 0 Å². The van der Waals surface area contributed by atoms with Gasteiger partial charge < -0.3 is 24.8 Å². The van der Waals surface area contributed by atoms with Gasteiger partial charge in [-0.25, -0.2) is 0 Å². The van der Waals surface area contributed by atoms with Crippen LogP contribution in [-0.2, 0) is 22.5 Å². The number of thiocarbonyl (C=S) groups is 2. The maximum atomic E-state index is 8.23. The summed E-state index contributed by atoms with van der Waals surface area (Å²) in [7, 11) is 0. The number of hydrazine groups is 1. The van der Waals surface area contributed by atoms with E-state index in [1.165, 1.54) is 11.3 Å². The van der Waals surface area contributed by atoms with Gasteiger partial charge in [0.25, 0.3) is 0 Å². The summed E-state index contributed by atoms with van der Waals surface area (Å²) < 4.78 is -0.493. The van der Waals surface area contributed by atoms with E-state index in [0.29, 0.717) is 10.3 Å². The van der Waals surface area contributed by atoms with Crippen molar-refractivity contribution in [3.63, 3.8) is 0 Å². The summed E-state index contributed by atoms with van der Waals surface area (Å²) in [4.78, 5) is 8.58. The molecule has 4 N–H and O–H groups in total. The minimum Gasteiger partial charge on any atom is -0.407 e. The van der Waals surface area contributed by atoms with Crippen LogP contribution in [0.5, 0.6) is 0 Å². The van der Waals surface area contributed by atoms with Gasteiger partial charge in [-0.3, -0.25) is 10.4 Å². The highest BCUT2D eigenvalue weighted by Gasteiger charge is 2.17. The molecule has 0 rings (SSSR count). The van der Waals surface area contributed by atoms with Crippen LogP contribution in [0, 0.1) is 0 Å². The van der Waals surface area contributed by atoms with Crippen LogP contribution < -0.4 is 11.3 Å². The summed E-state index contributed by atoms with van der Waals surface area (Å²) in [6, 6.07) is 0. The predicted octanol–water partition coefficient (Wildman–Crippen LogP) is -0.797. The first kappa shape index (κ1) is 14.1. The fraction of sp³-hybridized carbons (Fsp3) is 0. The van der Waals surface area contributed by atoms with E-state index in [4.69, 9.17) is 10.4 Å². The number of nitrogens with zero attached hydrogens (tertiary/aromatic N) is 2. The molecule has 8 nitrogen and oxygen atoms in total. The SMILES string of the molecule is ONON(C(=S)[S-])N(ONO)C(=S)S. The Morgan fingerprint density at radius 2 is 1.64 bits per heavy atom. The first-order valence-corrected chi connectivity index (χ1v) is 4.38. The maximum Gasteiger partial charge on any atom is 0.186 e. The summed E-state index contributed by atoms with van der Waals surface area (Å²) >= 11 is 17.3. The molecule has 0 atom stereocenters. The Kier molecular flexibility index (Phi) is 7.47. The van der Waals surface area contributed by atoms with Gasteiger partial charge in [-0.2, -0.15) is 0 Å². The van der Waals surface area contributed by atoms with Crippen molar-refractivity contribution in [2.24, 2.45) is 0 Å². The van der Waals surface area contributed by atoms with Crippen molar-refractivity contribution in [1.82, 2.24) is 21.6 Å². The molecule has 0 aliphatic carbocycles. The van der Waals surface area contributed by atoms with Gasteiger partial charge >= 0.3 is 0 Å². The standard InChI is InChI=1S/C2H6N4O4S4/c7-3-9-5(1(11)12)6(2(13)14)10-4-8/h3-4,7-8H,(H,11,12)(H,13,14)/p-1. The Labute approximate surface area is 100 Å². The maximum absolute atomic E-state index is 8.23. The summed E-state index contributed by atoms with van der Waals surface area (Å²) in [6.07, 6.45) is 0. The van der Waals surface area contributed by atoms with Crippen molar-refractivity contribution in [1.29, 1.82) is 0 Å². The Balaban J connectivity index is 4.54. The molecule has 0 aromatic rings. The normalized spacial score (nSPS) is 9.64. The lowest BCUT2D eigenvalue weighted by atomic mass is 11.3. The molecule has 0 unspecified atom stereocenters. The monoisotopic (exact) mass is 277 g/mol. The number of hydroxylamine groups is 2. The van der Waals surface area contributed by atoms with Crippen molar-refractivity contribution >= 4 is 58.3 Å². The van der Waals surface area contributed by atoms with Crippen LogP contribution in [0.1, 0.15) is 0 Å². The van der Waals surface area contributed by atoms with Crippen LogP contribution in [0.2, 0.25) is 0 Å². The van der Waals surface area contributed by atoms with Crippen LogP contribution in [0.4, 0.5) is 0 Å². The number of rotatable bonds is 4. The molecule has 0 saturated heterocycles. The highest BCUT2D eigenvalue weighted by Crippen LogP contribution is 2.04. The molecule has 82 valence electrons. The molecule has 0 aliphatic heterocycles. The molecular weight excluding hydrogens is 272 g/mol. The number of hydrogen-bond donors (Lipinski definition) is 5. The quantitative estimate of drug-likeness (QED) is 0.194. The van der Waals surface area contributed by atoms with Gasteiger partial charge in [0.15, 0.2) is 4.32 Å². The van der Waals surface area contributed by atoms with Gasteiger partial charge in [0.2, 0.25) is 0 Å². The van der Waals surface area contributed by atoms with E-state index in [1.54, 1.807) is 0 Å². The summed E-state index contributed by atoms with van der Waals surface area (Å²) in [5, 5.41) is 17.5. The summed E-state index contributed by atoms with van der Waals surface area (Å²) in [5.41, 5.74) is 2.59. The average Bonchev–Trinajstić information content (AvgIpc) is 2.10. The van der Waals surface area contributed by atoms with Crippen LogP contribution in [-0.4, -0.2) is 29.4 Å². The molecule has 0 aliphatic rings. The van der Waals surface area contributed by atoms with Gasteiger partial charge in [-0.15, -0.1) is 27.7 Å². The Bertz CT molecular complexity index is 194. The molecule has 0 spiro atoms. The molecule has 12 heteroatoms. The lowest BCUT2D eigenvalue weighted by Crippen LogP contribution is -2.50. The van der Waals surface area contributed by atoms with Crippen LogP contribution in [0.25, 0.3) is 0 Å². The Morgan fingerprint density at radius 3 is 1.93 bits per heavy atom. The third kappa shape index (κ3) is 4.56. The smallest absolute Gasteiger partial charge is 0.186 e. The lowest BCUT2D eigenvalue weighted by molar-refractivity contribution is -0.415. The van der Waals surface area contributed by atoms with E-state index in [-0.39, 0.29) is 8.64 Å². The fourth-order valence-corrected chi connectivity index (χ4v) is 0.836. The van der Waals surface area contributed by atoms with E-state index in [1.807, 2.05) is 0 Å². The van der Waals surface area contributed by atoms with Gasteiger partial charge in [-0.1, -0.05) is 16.5 Å². The number of hydrogen-bond acceptors (Lipinski definition) is 9. The zero-order valence-electron chi connectivity index (χ0n) is 6.28. The highest BCUT2D eigenvalue weighted by atomic mass is 32.1. The number of thiol groups is 1. The van der Waals surface area contributed by atoms with Crippen molar-refractivity contribution in [3.8, 4) is 0 Å².